The second kappa shape index (κ2) is 10.1. The van der Waals surface area contributed by atoms with E-state index in [1.807, 2.05) is 60.7 Å². The van der Waals surface area contributed by atoms with Gasteiger partial charge in [0, 0.05) is 59.3 Å². The molecular weight excluding hydrogens is 625 g/mol. The molecule has 0 fully saturated rings. The van der Waals surface area contributed by atoms with Gasteiger partial charge in [-0.2, -0.15) is 0 Å². The molecule has 49 heavy (non-hydrogen) atoms. The van der Waals surface area contributed by atoms with E-state index in [1.165, 1.54) is 14.8 Å². The van der Waals surface area contributed by atoms with Gasteiger partial charge in [0.25, 0.3) is 0 Å². The minimum absolute atomic E-state index is 0.637. The van der Waals surface area contributed by atoms with E-state index in [0.717, 1.165) is 83.0 Å². The maximum Gasteiger partial charge on any atom is 0.227 e. The summed E-state index contributed by atoms with van der Waals surface area (Å²) in [5.74, 6) is 0.637. The van der Waals surface area contributed by atoms with E-state index in [4.69, 9.17) is 18.2 Å². The summed E-state index contributed by atoms with van der Waals surface area (Å²) in [7, 11) is 0. The van der Waals surface area contributed by atoms with Crippen LogP contribution in [0.4, 0.5) is 17.1 Å². The summed E-state index contributed by atoms with van der Waals surface area (Å²) < 4.78 is 21.3. The van der Waals surface area contributed by atoms with Crippen LogP contribution in [0.15, 0.2) is 159 Å². The van der Waals surface area contributed by atoms with Crippen LogP contribution in [0.25, 0.3) is 86.6 Å². The van der Waals surface area contributed by atoms with Crippen LogP contribution in [0.5, 0.6) is 0 Å². The van der Waals surface area contributed by atoms with E-state index >= 15 is 0 Å². The molecule has 7 aromatic carbocycles. The fourth-order valence-corrected chi connectivity index (χ4v) is 8.41. The number of furan rings is 2. The van der Waals surface area contributed by atoms with Crippen molar-refractivity contribution >= 4 is 104 Å². The maximum absolute atomic E-state index is 6.38. The normalized spacial score (nSPS) is 12.1. The van der Waals surface area contributed by atoms with Crippen LogP contribution < -0.4 is 4.90 Å². The summed E-state index contributed by atoms with van der Waals surface area (Å²) in [5, 5.41) is 6.70. The van der Waals surface area contributed by atoms with Crippen molar-refractivity contribution in [2.24, 2.45) is 0 Å². The zero-order chi connectivity index (χ0) is 32.1. The first-order valence-corrected chi connectivity index (χ1v) is 17.0. The number of para-hydroxylation sites is 2. The van der Waals surface area contributed by atoms with Crippen LogP contribution in [0.3, 0.4) is 0 Å². The van der Waals surface area contributed by atoms with Gasteiger partial charge < -0.3 is 18.2 Å². The fourth-order valence-electron chi connectivity index (χ4n) is 7.25. The Kier molecular flexibility index (Phi) is 5.48. The Morgan fingerprint density at radius 3 is 2.00 bits per heavy atom. The van der Waals surface area contributed by atoms with Crippen molar-refractivity contribution in [3.05, 3.63) is 146 Å². The first-order valence-electron chi connectivity index (χ1n) is 16.2. The van der Waals surface area contributed by atoms with Crippen molar-refractivity contribution in [2.45, 2.75) is 0 Å². The van der Waals surface area contributed by atoms with Crippen LogP contribution in [0, 0.1) is 0 Å². The second-order valence-corrected chi connectivity index (χ2v) is 13.4. The van der Waals surface area contributed by atoms with Gasteiger partial charge in [-0.3, -0.25) is 0 Å². The predicted octanol–water partition coefficient (Wildman–Crippen LogP) is 13.1. The molecular formula is C43H24N2O3S. The molecule has 0 amide bonds. The average Bonchev–Trinajstić information content (AvgIpc) is 3.91. The SMILES string of the molecule is c1ccc(-c2nc3cc4sc5cc(N(c6ccc7c(c6)oc6ccccc67)c6cccc7oc8ccccc8c67)ccc5c4cc3o2)cc1. The van der Waals surface area contributed by atoms with Crippen molar-refractivity contribution in [2.75, 3.05) is 4.90 Å². The zero-order valence-corrected chi connectivity index (χ0v) is 26.7. The average molecular weight is 649 g/mol. The molecule has 0 aliphatic rings. The Bertz CT molecular complexity index is 3070. The van der Waals surface area contributed by atoms with Crippen molar-refractivity contribution in [3.8, 4) is 11.5 Å². The molecule has 0 saturated carbocycles. The molecule has 6 heteroatoms. The first-order chi connectivity index (χ1) is 24.2. The molecule has 11 aromatic rings. The van der Waals surface area contributed by atoms with Gasteiger partial charge in [0.1, 0.15) is 27.8 Å². The standard InChI is InChI=1S/C43H24N2O3S/c1-2-9-25(10-3-1)43-44-33-24-41-32(23-39(33)48-43)30-20-18-27(22-40(30)49-41)45(26-17-19-29-28-11-4-6-14-35(28)47-38(29)21-26)34-13-8-16-37-42(34)31-12-5-7-15-36(31)46-37/h1-24H. The largest absolute Gasteiger partial charge is 0.456 e. The molecule has 5 nitrogen and oxygen atoms in total. The third-order valence-corrected chi connectivity index (χ3v) is 10.6. The minimum atomic E-state index is 0.637. The first kappa shape index (κ1) is 26.7. The summed E-state index contributed by atoms with van der Waals surface area (Å²) in [6, 6.07) is 50.3. The molecule has 0 N–H and O–H groups in total. The zero-order valence-electron chi connectivity index (χ0n) is 25.9. The molecule has 0 aliphatic heterocycles. The Labute approximate surface area is 282 Å². The topological polar surface area (TPSA) is 55.6 Å². The summed E-state index contributed by atoms with van der Waals surface area (Å²) in [6.45, 7) is 0. The van der Waals surface area contributed by atoms with Gasteiger partial charge in [0.05, 0.1) is 11.1 Å². The highest BCUT2D eigenvalue weighted by atomic mass is 32.1. The van der Waals surface area contributed by atoms with Crippen LogP contribution >= 0.6 is 11.3 Å². The van der Waals surface area contributed by atoms with Gasteiger partial charge in [-0.25, -0.2) is 4.98 Å². The van der Waals surface area contributed by atoms with Crippen LogP contribution in [0.2, 0.25) is 0 Å². The van der Waals surface area contributed by atoms with Gasteiger partial charge in [-0.05, 0) is 72.8 Å². The maximum atomic E-state index is 6.38. The highest BCUT2D eigenvalue weighted by Gasteiger charge is 2.22. The molecule has 0 aliphatic carbocycles. The number of anilines is 3. The predicted molar refractivity (Wildman–Crippen MR) is 202 cm³/mol. The molecule has 11 rings (SSSR count). The molecule has 0 radical (unpaired) electrons. The van der Waals surface area contributed by atoms with Gasteiger partial charge >= 0.3 is 0 Å². The van der Waals surface area contributed by atoms with Crippen molar-refractivity contribution in [3.63, 3.8) is 0 Å². The number of rotatable bonds is 4. The molecule has 0 saturated heterocycles. The molecule has 4 aromatic heterocycles. The number of thiophene rings is 1. The number of hydrogen-bond donors (Lipinski definition) is 0. The lowest BCUT2D eigenvalue weighted by Crippen LogP contribution is -2.10. The molecule has 0 bridgehead atoms. The third-order valence-electron chi connectivity index (χ3n) is 9.49. The number of aromatic nitrogens is 1. The number of nitrogens with zero attached hydrogens (tertiary/aromatic N) is 2. The van der Waals surface area contributed by atoms with E-state index in [1.54, 1.807) is 11.3 Å². The Balaban J connectivity index is 1.12. The molecule has 0 atom stereocenters. The number of hydrogen-bond acceptors (Lipinski definition) is 6. The van der Waals surface area contributed by atoms with E-state index in [0.29, 0.717) is 5.89 Å². The van der Waals surface area contributed by atoms with Crippen LogP contribution in [0.1, 0.15) is 0 Å². The minimum Gasteiger partial charge on any atom is -0.456 e. The molecule has 0 unspecified atom stereocenters. The van der Waals surface area contributed by atoms with E-state index < -0.39 is 0 Å². The lowest BCUT2D eigenvalue weighted by Gasteiger charge is -2.26. The van der Waals surface area contributed by atoms with Crippen molar-refractivity contribution in [1.82, 2.24) is 4.98 Å². The van der Waals surface area contributed by atoms with Crippen molar-refractivity contribution in [1.29, 1.82) is 0 Å². The van der Waals surface area contributed by atoms with E-state index in [9.17, 15) is 0 Å². The summed E-state index contributed by atoms with van der Waals surface area (Å²) in [5.41, 5.74) is 9.14. The quantitative estimate of drug-likeness (QED) is 0.190. The van der Waals surface area contributed by atoms with Crippen LogP contribution in [-0.4, -0.2) is 4.98 Å². The Hall–Kier alpha value is -6.37. The molecule has 0 spiro atoms. The van der Waals surface area contributed by atoms with Gasteiger partial charge in [-0.1, -0.05) is 66.7 Å². The highest BCUT2D eigenvalue weighted by Crippen LogP contribution is 2.46. The molecule has 4 heterocycles. The molecule has 230 valence electrons. The smallest absolute Gasteiger partial charge is 0.227 e. The Morgan fingerprint density at radius 1 is 0.449 bits per heavy atom. The van der Waals surface area contributed by atoms with Crippen molar-refractivity contribution < 1.29 is 13.3 Å². The van der Waals surface area contributed by atoms with Gasteiger partial charge in [0.2, 0.25) is 5.89 Å². The summed E-state index contributed by atoms with van der Waals surface area (Å²) in [4.78, 5) is 7.15. The fraction of sp³-hybridized carbons (Fsp3) is 0. The lowest BCUT2D eigenvalue weighted by atomic mass is 10.1. The Morgan fingerprint density at radius 2 is 1.12 bits per heavy atom. The number of benzene rings is 7. The van der Waals surface area contributed by atoms with Crippen LogP contribution in [-0.2, 0) is 0 Å². The van der Waals surface area contributed by atoms with Gasteiger partial charge in [0.15, 0.2) is 5.58 Å². The van der Waals surface area contributed by atoms with Gasteiger partial charge in [-0.15, -0.1) is 11.3 Å². The second-order valence-electron chi connectivity index (χ2n) is 12.3. The monoisotopic (exact) mass is 648 g/mol. The lowest BCUT2D eigenvalue weighted by molar-refractivity contribution is 0.620. The third kappa shape index (κ3) is 4.01. The number of fused-ring (bicyclic) bond motifs is 10. The number of oxazole rings is 1. The summed E-state index contributed by atoms with van der Waals surface area (Å²) >= 11 is 1.77. The highest BCUT2D eigenvalue weighted by molar-refractivity contribution is 7.25. The van der Waals surface area contributed by atoms with E-state index in [-0.39, 0.29) is 0 Å². The van der Waals surface area contributed by atoms with E-state index in [2.05, 4.69) is 89.8 Å². The summed E-state index contributed by atoms with van der Waals surface area (Å²) in [6.07, 6.45) is 0.